The number of carbonyl (C=O) groups is 3. The maximum absolute atomic E-state index is 12.6. The van der Waals surface area contributed by atoms with E-state index in [2.05, 4.69) is 32.0 Å². The molecule has 6 unspecified atom stereocenters. The van der Waals surface area contributed by atoms with Gasteiger partial charge in [0.2, 0.25) is 5.60 Å². The highest BCUT2D eigenvalue weighted by Crippen LogP contribution is 2.66. The highest BCUT2D eigenvalue weighted by molar-refractivity contribution is 6.02. The number of oxime groups is 1. The van der Waals surface area contributed by atoms with Gasteiger partial charge in [-0.1, -0.05) is 31.5 Å². The summed E-state index contributed by atoms with van der Waals surface area (Å²) in [6.07, 6.45) is 12.0. The fraction of sp³-hybridized carbons (Fsp3) is 0.786. The molecule has 0 radical (unpaired) electrons. The van der Waals surface area contributed by atoms with Crippen molar-refractivity contribution < 1.29 is 24.1 Å². The highest BCUT2D eigenvalue weighted by Gasteiger charge is 2.57. The van der Waals surface area contributed by atoms with Gasteiger partial charge in [0, 0.05) is 12.8 Å². The predicted molar refractivity (Wildman–Crippen MR) is 131 cm³/mol. The minimum Gasteiger partial charge on any atom is -0.377 e. The number of fused-ring (bicyclic) bond motifs is 5. The van der Waals surface area contributed by atoms with Crippen LogP contribution in [0.15, 0.2) is 16.8 Å². The number of carbonyl (C=O) groups excluding carboxylic acids is 3. The van der Waals surface area contributed by atoms with Crippen LogP contribution in [0.2, 0.25) is 0 Å². The first-order valence-electron chi connectivity index (χ1n) is 13.5. The number of imide groups is 1. The first-order valence-corrected chi connectivity index (χ1v) is 13.5. The van der Waals surface area contributed by atoms with Gasteiger partial charge in [0.15, 0.2) is 0 Å². The number of hydroxylamine groups is 2. The maximum atomic E-state index is 12.6. The Kier molecular flexibility index (Phi) is 5.92. The SMILES string of the molecule is CC1CCC2C3CCC4=C/C(=N/OC(C)(C)C(=O)ON5C(=O)CCC5=O)CCC4(C)C3CCC12C. The lowest BCUT2D eigenvalue weighted by molar-refractivity contribution is -0.212. The molecule has 7 heteroatoms. The first kappa shape index (κ1) is 24.5. The smallest absolute Gasteiger partial charge is 0.377 e. The molecule has 2 amide bonds. The molecule has 35 heavy (non-hydrogen) atoms. The molecule has 0 aromatic heterocycles. The second kappa shape index (κ2) is 8.45. The molecule has 1 saturated heterocycles. The Morgan fingerprint density at radius 3 is 2.43 bits per heavy atom. The molecule has 4 aliphatic carbocycles. The summed E-state index contributed by atoms with van der Waals surface area (Å²) in [6.45, 7) is 10.6. The third-order valence-electron chi connectivity index (χ3n) is 10.5. The fourth-order valence-corrected chi connectivity index (χ4v) is 7.97. The van der Waals surface area contributed by atoms with Gasteiger partial charge < -0.3 is 9.68 Å². The number of amides is 2. The van der Waals surface area contributed by atoms with Crippen molar-refractivity contribution in [1.29, 1.82) is 0 Å². The summed E-state index contributed by atoms with van der Waals surface area (Å²) < 4.78 is 0. The summed E-state index contributed by atoms with van der Waals surface area (Å²) in [5, 5.41) is 4.89. The molecule has 1 aliphatic heterocycles. The van der Waals surface area contributed by atoms with Gasteiger partial charge in [-0.25, -0.2) is 4.79 Å². The van der Waals surface area contributed by atoms with Crippen molar-refractivity contribution in [1.82, 2.24) is 5.06 Å². The normalized spacial score (nSPS) is 40.2. The minimum atomic E-state index is -1.42. The molecule has 5 rings (SSSR count). The minimum absolute atomic E-state index is 0.0584. The average Bonchev–Trinajstić information content (AvgIpc) is 3.30. The van der Waals surface area contributed by atoms with Crippen molar-refractivity contribution in [2.75, 3.05) is 0 Å². The Morgan fingerprint density at radius 1 is 1.00 bits per heavy atom. The summed E-state index contributed by atoms with van der Waals surface area (Å²) in [6, 6.07) is 0. The summed E-state index contributed by atoms with van der Waals surface area (Å²) in [5.41, 5.74) is 1.66. The van der Waals surface area contributed by atoms with E-state index in [4.69, 9.17) is 9.68 Å². The van der Waals surface area contributed by atoms with E-state index in [-0.39, 0.29) is 18.3 Å². The van der Waals surface area contributed by atoms with Crippen LogP contribution in [-0.4, -0.2) is 34.2 Å². The molecule has 4 fully saturated rings. The van der Waals surface area contributed by atoms with E-state index in [9.17, 15) is 14.4 Å². The van der Waals surface area contributed by atoms with Crippen molar-refractivity contribution in [3.8, 4) is 0 Å². The van der Waals surface area contributed by atoms with E-state index < -0.39 is 23.4 Å². The molecule has 0 aromatic rings. The van der Waals surface area contributed by atoms with E-state index in [1.807, 2.05) is 0 Å². The fourth-order valence-electron chi connectivity index (χ4n) is 7.97. The van der Waals surface area contributed by atoms with Crippen molar-refractivity contribution in [2.24, 2.45) is 39.7 Å². The Bertz CT molecular complexity index is 983. The number of allylic oxidation sites excluding steroid dienone is 2. The second-order valence-electron chi connectivity index (χ2n) is 12.7. The van der Waals surface area contributed by atoms with E-state index in [1.165, 1.54) is 51.5 Å². The number of hydrogen-bond donors (Lipinski definition) is 0. The van der Waals surface area contributed by atoms with Crippen LogP contribution in [0.5, 0.6) is 0 Å². The molecule has 1 heterocycles. The van der Waals surface area contributed by atoms with Gasteiger partial charge in [0.25, 0.3) is 11.8 Å². The molecule has 192 valence electrons. The van der Waals surface area contributed by atoms with Crippen LogP contribution < -0.4 is 0 Å². The molecule has 0 spiro atoms. The van der Waals surface area contributed by atoms with Crippen LogP contribution in [0.1, 0.15) is 98.8 Å². The van der Waals surface area contributed by atoms with Gasteiger partial charge in [-0.2, -0.15) is 0 Å². The lowest BCUT2D eigenvalue weighted by atomic mass is 9.47. The largest absolute Gasteiger partial charge is 0.378 e. The van der Waals surface area contributed by atoms with Gasteiger partial charge in [0.05, 0.1) is 5.71 Å². The Balaban J connectivity index is 1.27. The number of rotatable bonds is 4. The van der Waals surface area contributed by atoms with Crippen LogP contribution in [0.3, 0.4) is 0 Å². The molecule has 0 aromatic carbocycles. The topological polar surface area (TPSA) is 85.3 Å². The van der Waals surface area contributed by atoms with Crippen LogP contribution >= 0.6 is 0 Å². The van der Waals surface area contributed by atoms with Crippen LogP contribution in [0, 0.1) is 34.5 Å². The summed E-state index contributed by atoms with van der Waals surface area (Å²) in [4.78, 5) is 46.8. The van der Waals surface area contributed by atoms with Crippen LogP contribution in [-0.2, 0) is 24.1 Å². The Hall–Kier alpha value is -2.18. The quantitative estimate of drug-likeness (QED) is 0.397. The monoisotopic (exact) mass is 484 g/mol. The number of hydrogen-bond acceptors (Lipinski definition) is 6. The molecule has 6 atom stereocenters. The predicted octanol–water partition coefficient (Wildman–Crippen LogP) is 5.34. The molecule has 3 saturated carbocycles. The third-order valence-corrected chi connectivity index (χ3v) is 10.5. The molecular formula is C28H40N2O5. The van der Waals surface area contributed by atoms with Crippen molar-refractivity contribution in [3.05, 3.63) is 11.6 Å². The lowest BCUT2D eigenvalue weighted by Crippen LogP contribution is -2.50. The molecule has 7 nitrogen and oxygen atoms in total. The van der Waals surface area contributed by atoms with Gasteiger partial charge in [-0.3, -0.25) is 9.59 Å². The maximum Gasteiger partial charge on any atom is 0.378 e. The molecule has 5 aliphatic rings. The molecule has 0 N–H and O–H groups in total. The van der Waals surface area contributed by atoms with Gasteiger partial charge in [0.1, 0.15) is 0 Å². The van der Waals surface area contributed by atoms with E-state index in [0.29, 0.717) is 10.5 Å². The summed E-state index contributed by atoms with van der Waals surface area (Å²) >= 11 is 0. The standard InChI is InChI=1S/C28H40N2O5/c1-17-6-9-21-20-8-7-18-16-19(12-14-28(18,5)22(20)13-15-27(17,21)4)29-35-26(2,3)25(33)34-30-23(31)10-11-24(30)32/h16-17,20-22H,6-15H2,1-5H3/b29-19+. The zero-order chi connectivity index (χ0) is 25.2. The zero-order valence-corrected chi connectivity index (χ0v) is 21.9. The van der Waals surface area contributed by atoms with Crippen LogP contribution in [0.25, 0.3) is 0 Å². The van der Waals surface area contributed by atoms with Crippen LogP contribution in [0.4, 0.5) is 0 Å². The van der Waals surface area contributed by atoms with Crippen molar-refractivity contribution in [3.63, 3.8) is 0 Å². The van der Waals surface area contributed by atoms with E-state index >= 15 is 0 Å². The third kappa shape index (κ3) is 3.93. The average molecular weight is 485 g/mol. The molecule has 0 bridgehead atoms. The summed E-state index contributed by atoms with van der Waals surface area (Å²) in [7, 11) is 0. The lowest BCUT2D eigenvalue weighted by Gasteiger charge is -2.58. The van der Waals surface area contributed by atoms with Gasteiger partial charge >= 0.3 is 5.97 Å². The number of nitrogens with zero attached hydrogens (tertiary/aromatic N) is 2. The van der Waals surface area contributed by atoms with Crippen molar-refractivity contribution >= 4 is 23.5 Å². The van der Waals surface area contributed by atoms with E-state index in [1.54, 1.807) is 0 Å². The van der Waals surface area contributed by atoms with Gasteiger partial charge in [-0.05, 0) is 106 Å². The molecular weight excluding hydrogens is 444 g/mol. The Morgan fingerprint density at radius 2 is 1.71 bits per heavy atom. The van der Waals surface area contributed by atoms with Gasteiger partial charge in [-0.15, -0.1) is 5.06 Å². The van der Waals surface area contributed by atoms with Crippen molar-refractivity contribution in [2.45, 2.75) is 104 Å². The summed E-state index contributed by atoms with van der Waals surface area (Å²) in [5.74, 6) is 1.47. The second-order valence-corrected chi connectivity index (χ2v) is 12.7. The zero-order valence-electron chi connectivity index (χ0n) is 21.9. The highest BCUT2D eigenvalue weighted by atomic mass is 16.7. The van der Waals surface area contributed by atoms with E-state index in [0.717, 1.165) is 48.6 Å². The Labute approximate surface area is 208 Å². The first-order chi connectivity index (χ1) is 16.5.